The Balaban J connectivity index is 2.08. The first-order chi connectivity index (χ1) is 13.0. The molecular formula is C20H21F3N4O. The zero-order valence-electron chi connectivity index (χ0n) is 16.0. The molecule has 148 valence electrons. The molecule has 0 saturated carbocycles. The van der Waals surface area contributed by atoms with Crippen LogP contribution in [0.4, 0.5) is 24.7 Å². The summed E-state index contributed by atoms with van der Waals surface area (Å²) in [5.74, 6) is 0.324. The molecule has 28 heavy (non-hydrogen) atoms. The summed E-state index contributed by atoms with van der Waals surface area (Å²) >= 11 is 0. The Hall–Kier alpha value is -3.03. The van der Waals surface area contributed by atoms with Crippen LogP contribution in [0.25, 0.3) is 10.9 Å². The number of nitrogen functional groups attached to an aromatic ring is 1. The van der Waals surface area contributed by atoms with E-state index in [2.05, 4.69) is 10.3 Å². The van der Waals surface area contributed by atoms with Gasteiger partial charge in [-0.1, -0.05) is 0 Å². The molecule has 0 spiro atoms. The smallest absolute Gasteiger partial charge is 0.399 e. The van der Waals surface area contributed by atoms with Gasteiger partial charge in [-0.3, -0.25) is 4.57 Å². The molecule has 0 radical (unpaired) electrons. The van der Waals surface area contributed by atoms with Crippen molar-refractivity contribution in [3.8, 4) is 0 Å². The molecule has 0 saturated heterocycles. The second-order valence-corrected chi connectivity index (χ2v) is 7.01. The van der Waals surface area contributed by atoms with Crippen molar-refractivity contribution in [3.05, 3.63) is 63.1 Å². The average Bonchev–Trinajstić information content (AvgIpc) is 2.60. The average molecular weight is 390 g/mol. The summed E-state index contributed by atoms with van der Waals surface area (Å²) in [6.07, 6.45) is -4.49. The number of alkyl halides is 3. The lowest BCUT2D eigenvalue weighted by Gasteiger charge is -2.19. The third-order valence-corrected chi connectivity index (χ3v) is 4.88. The normalized spacial score (nSPS) is 13.0. The van der Waals surface area contributed by atoms with Crippen molar-refractivity contribution in [1.82, 2.24) is 9.55 Å². The SMILES string of the molecule is Cc1cc2c(NC(C)c3cc(N)cc(C(F)(F)F)c3)nc(=O)n(C)c2cc1C. The molecular weight excluding hydrogens is 369 g/mol. The molecule has 1 heterocycles. The first-order valence-electron chi connectivity index (χ1n) is 8.69. The molecule has 3 aromatic rings. The van der Waals surface area contributed by atoms with Gasteiger partial charge in [0.2, 0.25) is 0 Å². The van der Waals surface area contributed by atoms with Crippen molar-refractivity contribution in [3.63, 3.8) is 0 Å². The quantitative estimate of drug-likeness (QED) is 0.653. The number of hydrogen-bond donors (Lipinski definition) is 2. The summed E-state index contributed by atoms with van der Waals surface area (Å²) in [4.78, 5) is 16.3. The van der Waals surface area contributed by atoms with E-state index in [4.69, 9.17) is 5.73 Å². The third-order valence-electron chi connectivity index (χ3n) is 4.88. The van der Waals surface area contributed by atoms with Gasteiger partial charge in [0, 0.05) is 18.1 Å². The van der Waals surface area contributed by atoms with Gasteiger partial charge < -0.3 is 11.1 Å². The first-order valence-corrected chi connectivity index (χ1v) is 8.69. The lowest BCUT2D eigenvalue weighted by molar-refractivity contribution is -0.137. The van der Waals surface area contributed by atoms with E-state index in [1.165, 1.54) is 10.6 Å². The van der Waals surface area contributed by atoms with Gasteiger partial charge in [-0.2, -0.15) is 18.2 Å². The highest BCUT2D eigenvalue weighted by Gasteiger charge is 2.31. The number of halogens is 3. The van der Waals surface area contributed by atoms with Crippen LogP contribution in [-0.2, 0) is 13.2 Å². The number of nitrogens with two attached hydrogens (primary N) is 1. The second kappa shape index (κ2) is 6.85. The van der Waals surface area contributed by atoms with Crippen LogP contribution in [0.1, 0.15) is 35.2 Å². The van der Waals surface area contributed by atoms with Crippen LogP contribution in [0.15, 0.2) is 35.1 Å². The Kier molecular flexibility index (Phi) is 4.82. The maximum absolute atomic E-state index is 13.1. The maximum atomic E-state index is 13.1. The number of aromatic nitrogens is 2. The first kappa shape index (κ1) is 19.7. The Morgan fingerprint density at radius 2 is 1.75 bits per heavy atom. The Morgan fingerprint density at radius 1 is 1.11 bits per heavy atom. The van der Waals surface area contributed by atoms with Crippen molar-refractivity contribution in [2.24, 2.45) is 7.05 Å². The zero-order valence-corrected chi connectivity index (χ0v) is 16.0. The summed E-state index contributed by atoms with van der Waals surface area (Å²) in [7, 11) is 1.63. The summed E-state index contributed by atoms with van der Waals surface area (Å²) in [5, 5.41) is 3.79. The number of aryl methyl sites for hydroxylation is 3. The van der Waals surface area contributed by atoms with Gasteiger partial charge in [0.1, 0.15) is 5.82 Å². The minimum Gasteiger partial charge on any atom is -0.399 e. The van der Waals surface area contributed by atoms with Gasteiger partial charge in [0.25, 0.3) is 0 Å². The maximum Gasteiger partial charge on any atom is 0.416 e. The second-order valence-electron chi connectivity index (χ2n) is 7.01. The Labute approximate surface area is 160 Å². The summed E-state index contributed by atoms with van der Waals surface area (Å²) < 4.78 is 40.7. The molecule has 1 unspecified atom stereocenters. The lowest BCUT2D eigenvalue weighted by Crippen LogP contribution is -2.23. The number of benzene rings is 2. The summed E-state index contributed by atoms with van der Waals surface area (Å²) in [5.41, 5.74) is 7.51. The molecule has 3 N–H and O–H groups in total. The molecule has 0 aliphatic rings. The lowest BCUT2D eigenvalue weighted by atomic mass is 10.0. The van der Waals surface area contributed by atoms with E-state index in [1.54, 1.807) is 14.0 Å². The largest absolute Gasteiger partial charge is 0.416 e. The van der Waals surface area contributed by atoms with Gasteiger partial charge >= 0.3 is 11.9 Å². The third kappa shape index (κ3) is 3.67. The Morgan fingerprint density at radius 3 is 2.39 bits per heavy atom. The summed E-state index contributed by atoms with van der Waals surface area (Å²) in [6.45, 7) is 5.59. The van der Waals surface area contributed by atoms with Gasteiger partial charge in [0.15, 0.2) is 0 Å². The predicted octanol–water partition coefficient (Wildman–Crippen LogP) is 4.32. The van der Waals surface area contributed by atoms with Gasteiger partial charge in [-0.05, 0) is 67.8 Å². The molecule has 0 fully saturated rings. The van der Waals surface area contributed by atoms with E-state index in [-0.39, 0.29) is 5.69 Å². The fourth-order valence-corrected chi connectivity index (χ4v) is 3.09. The van der Waals surface area contributed by atoms with Crippen molar-refractivity contribution in [1.29, 1.82) is 0 Å². The minimum atomic E-state index is -4.49. The van der Waals surface area contributed by atoms with Crippen molar-refractivity contribution >= 4 is 22.4 Å². The fourth-order valence-electron chi connectivity index (χ4n) is 3.09. The van der Waals surface area contributed by atoms with Crippen LogP contribution < -0.4 is 16.7 Å². The van der Waals surface area contributed by atoms with E-state index in [9.17, 15) is 18.0 Å². The van der Waals surface area contributed by atoms with Gasteiger partial charge in [-0.15, -0.1) is 0 Å². The van der Waals surface area contributed by atoms with Crippen LogP contribution >= 0.6 is 0 Å². The highest BCUT2D eigenvalue weighted by molar-refractivity contribution is 5.90. The van der Waals surface area contributed by atoms with Crippen molar-refractivity contribution < 1.29 is 13.2 Å². The van der Waals surface area contributed by atoms with E-state index in [0.29, 0.717) is 16.9 Å². The van der Waals surface area contributed by atoms with Gasteiger partial charge in [-0.25, -0.2) is 4.79 Å². The molecule has 8 heteroatoms. The standard InChI is InChI=1S/C20H21F3N4O/c1-10-5-16-17(6-11(10)2)27(4)19(28)26-18(16)25-12(3)13-7-14(20(21,22)23)9-15(24)8-13/h5-9,12H,24H2,1-4H3,(H,25,26,28). The molecule has 0 aliphatic heterocycles. The molecule has 5 nitrogen and oxygen atoms in total. The molecule has 1 aromatic heterocycles. The van der Waals surface area contributed by atoms with E-state index in [1.807, 2.05) is 26.0 Å². The highest BCUT2D eigenvalue weighted by Crippen LogP contribution is 2.34. The van der Waals surface area contributed by atoms with Crippen LogP contribution in [0, 0.1) is 13.8 Å². The molecule has 2 aromatic carbocycles. The van der Waals surface area contributed by atoms with E-state index < -0.39 is 23.5 Å². The molecule has 0 bridgehead atoms. The van der Waals surface area contributed by atoms with Crippen LogP contribution in [0.2, 0.25) is 0 Å². The zero-order chi connectivity index (χ0) is 20.8. The summed E-state index contributed by atoms with van der Waals surface area (Å²) in [6, 6.07) is 6.68. The molecule has 3 rings (SSSR count). The van der Waals surface area contributed by atoms with Crippen LogP contribution in [-0.4, -0.2) is 9.55 Å². The number of rotatable bonds is 3. The minimum absolute atomic E-state index is 0.0201. The van der Waals surface area contributed by atoms with Crippen molar-refractivity contribution in [2.45, 2.75) is 33.0 Å². The number of hydrogen-bond acceptors (Lipinski definition) is 4. The number of fused-ring (bicyclic) bond motifs is 1. The van der Waals surface area contributed by atoms with E-state index in [0.717, 1.165) is 28.6 Å². The fraction of sp³-hybridized carbons (Fsp3) is 0.300. The molecule has 1 atom stereocenters. The number of nitrogens with one attached hydrogen (secondary N) is 1. The topological polar surface area (TPSA) is 72.9 Å². The monoisotopic (exact) mass is 390 g/mol. The molecule has 0 aliphatic carbocycles. The highest BCUT2D eigenvalue weighted by atomic mass is 19.4. The van der Waals surface area contributed by atoms with E-state index >= 15 is 0 Å². The molecule has 0 amide bonds. The number of anilines is 2. The van der Waals surface area contributed by atoms with Crippen LogP contribution in [0.3, 0.4) is 0 Å². The van der Waals surface area contributed by atoms with Crippen molar-refractivity contribution in [2.75, 3.05) is 11.1 Å². The predicted molar refractivity (Wildman–Crippen MR) is 104 cm³/mol. The Bertz CT molecular complexity index is 1120. The van der Waals surface area contributed by atoms with Gasteiger partial charge in [0.05, 0.1) is 17.1 Å². The number of nitrogens with zero attached hydrogens (tertiary/aromatic N) is 2. The van der Waals surface area contributed by atoms with Crippen LogP contribution in [0.5, 0.6) is 0 Å².